The van der Waals surface area contributed by atoms with Crippen LogP contribution in [0.5, 0.6) is 0 Å². The molecule has 0 aromatic heterocycles. The lowest BCUT2D eigenvalue weighted by Crippen LogP contribution is -2.21. The fourth-order valence-electron chi connectivity index (χ4n) is 3.15. The zero-order chi connectivity index (χ0) is 21.9. The van der Waals surface area contributed by atoms with Crippen LogP contribution in [-0.2, 0) is 20.7 Å². The molecule has 5 heteroatoms. The maximum atomic E-state index is 12.3. The highest BCUT2D eigenvalue weighted by Gasteiger charge is 2.13. The van der Waals surface area contributed by atoms with E-state index in [0.29, 0.717) is 11.3 Å². The molecule has 0 atom stereocenters. The Balaban J connectivity index is 1.72. The molecule has 0 fully saturated rings. The summed E-state index contributed by atoms with van der Waals surface area (Å²) in [6.07, 6.45) is 4.55. The van der Waals surface area contributed by atoms with Crippen LogP contribution in [0.3, 0.4) is 0 Å². The summed E-state index contributed by atoms with van der Waals surface area (Å²) in [5.41, 5.74) is 4.54. The van der Waals surface area contributed by atoms with Crippen LogP contribution in [-0.4, -0.2) is 24.3 Å². The van der Waals surface area contributed by atoms with Gasteiger partial charge in [0.25, 0.3) is 5.91 Å². The van der Waals surface area contributed by atoms with Gasteiger partial charge in [-0.2, -0.15) is 0 Å². The standard InChI is InChI=1S/C25H31NO4/c1-4-5-6-7-20-9-11-21(12-10-20)23(27)14-15-25(29)30-17-24(28)26-22-13-8-18(2)16-19(22)3/h8-13,16H,4-7,14-15,17H2,1-3H3,(H,26,28). The Labute approximate surface area is 178 Å². The third-order valence-electron chi connectivity index (χ3n) is 4.92. The maximum Gasteiger partial charge on any atom is 0.306 e. The molecule has 30 heavy (non-hydrogen) atoms. The number of aryl methyl sites for hydroxylation is 3. The van der Waals surface area contributed by atoms with Crippen LogP contribution in [0.15, 0.2) is 42.5 Å². The zero-order valence-corrected chi connectivity index (χ0v) is 18.1. The summed E-state index contributed by atoms with van der Waals surface area (Å²) in [7, 11) is 0. The number of carbonyl (C=O) groups is 3. The van der Waals surface area contributed by atoms with Gasteiger partial charge >= 0.3 is 5.97 Å². The first kappa shape index (κ1) is 23.3. The van der Waals surface area contributed by atoms with Crippen LogP contribution < -0.4 is 5.32 Å². The molecule has 0 saturated heterocycles. The number of rotatable bonds is 11. The normalized spacial score (nSPS) is 10.5. The lowest BCUT2D eigenvalue weighted by molar-refractivity contribution is -0.147. The van der Waals surface area contributed by atoms with Crippen LogP contribution in [0, 0.1) is 13.8 Å². The number of hydrogen-bond donors (Lipinski definition) is 1. The average Bonchev–Trinajstić information content (AvgIpc) is 2.73. The minimum atomic E-state index is -0.560. The van der Waals surface area contributed by atoms with E-state index >= 15 is 0 Å². The van der Waals surface area contributed by atoms with Crippen LogP contribution in [0.1, 0.15) is 66.1 Å². The van der Waals surface area contributed by atoms with Crippen LogP contribution in [0.25, 0.3) is 0 Å². The van der Waals surface area contributed by atoms with Crippen molar-refractivity contribution in [3.63, 3.8) is 0 Å². The Bertz CT molecular complexity index is 871. The molecule has 5 nitrogen and oxygen atoms in total. The highest BCUT2D eigenvalue weighted by Crippen LogP contribution is 2.16. The molecule has 0 radical (unpaired) electrons. The lowest BCUT2D eigenvalue weighted by atomic mass is 10.0. The molecular weight excluding hydrogens is 378 g/mol. The fourth-order valence-corrected chi connectivity index (χ4v) is 3.15. The first-order chi connectivity index (χ1) is 14.4. The van der Waals surface area contributed by atoms with E-state index in [-0.39, 0.29) is 25.2 Å². The molecule has 0 aliphatic heterocycles. The van der Waals surface area contributed by atoms with Gasteiger partial charge in [0.05, 0.1) is 6.42 Å². The highest BCUT2D eigenvalue weighted by molar-refractivity contribution is 5.98. The molecule has 0 saturated carbocycles. The van der Waals surface area contributed by atoms with E-state index in [2.05, 4.69) is 12.2 Å². The van der Waals surface area contributed by atoms with Gasteiger partial charge in [0, 0.05) is 17.7 Å². The molecule has 0 unspecified atom stereocenters. The largest absolute Gasteiger partial charge is 0.456 e. The molecule has 2 aromatic rings. The van der Waals surface area contributed by atoms with Crippen molar-refractivity contribution in [2.24, 2.45) is 0 Å². The summed E-state index contributed by atoms with van der Waals surface area (Å²) in [6.45, 7) is 5.68. The molecule has 0 aliphatic rings. The number of ether oxygens (including phenoxy) is 1. The van der Waals surface area contributed by atoms with Crippen molar-refractivity contribution in [1.29, 1.82) is 0 Å². The smallest absolute Gasteiger partial charge is 0.306 e. The van der Waals surface area contributed by atoms with E-state index in [1.807, 2.05) is 56.3 Å². The van der Waals surface area contributed by atoms with E-state index < -0.39 is 11.9 Å². The monoisotopic (exact) mass is 409 g/mol. The van der Waals surface area contributed by atoms with Crippen molar-refractivity contribution in [1.82, 2.24) is 0 Å². The van der Waals surface area contributed by atoms with Crippen molar-refractivity contribution >= 4 is 23.3 Å². The number of ketones is 1. The summed E-state index contributed by atoms with van der Waals surface area (Å²) in [4.78, 5) is 36.2. The van der Waals surface area contributed by atoms with Gasteiger partial charge in [-0.25, -0.2) is 0 Å². The third-order valence-corrected chi connectivity index (χ3v) is 4.92. The minimum absolute atomic E-state index is 0.0477. The third kappa shape index (κ3) is 7.82. The maximum absolute atomic E-state index is 12.3. The number of esters is 1. The molecule has 1 N–H and O–H groups in total. The molecule has 2 rings (SSSR count). The van der Waals surface area contributed by atoms with E-state index in [9.17, 15) is 14.4 Å². The van der Waals surface area contributed by atoms with Gasteiger partial charge in [0.15, 0.2) is 12.4 Å². The molecular formula is C25H31NO4. The SMILES string of the molecule is CCCCCc1ccc(C(=O)CCC(=O)OCC(=O)Nc2ccc(C)cc2C)cc1. The Morgan fingerprint density at radius 2 is 1.67 bits per heavy atom. The first-order valence-corrected chi connectivity index (χ1v) is 10.5. The predicted octanol–water partition coefficient (Wildman–Crippen LogP) is 5.18. The van der Waals surface area contributed by atoms with Gasteiger partial charge in [-0.15, -0.1) is 0 Å². The van der Waals surface area contributed by atoms with Crippen LogP contribution in [0.4, 0.5) is 5.69 Å². The Morgan fingerprint density at radius 1 is 0.933 bits per heavy atom. The molecule has 0 bridgehead atoms. The average molecular weight is 410 g/mol. The second-order valence-corrected chi connectivity index (χ2v) is 7.60. The van der Waals surface area contributed by atoms with Crippen molar-refractivity contribution in [2.75, 3.05) is 11.9 Å². The number of carbonyl (C=O) groups excluding carboxylic acids is 3. The van der Waals surface area contributed by atoms with Crippen molar-refractivity contribution < 1.29 is 19.1 Å². The van der Waals surface area contributed by atoms with E-state index in [1.54, 1.807) is 0 Å². The zero-order valence-electron chi connectivity index (χ0n) is 18.1. The minimum Gasteiger partial charge on any atom is -0.456 e. The molecule has 1 amide bonds. The number of anilines is 1. The molecule has 0 aliphatic carbocycles. The topological polar surface area (TPSA) is 72.5 Å². The van der Waals surface area contributed by atoms with Gasteiger partial charge in [-0.1, -0.05) is 61.7 Å². The van der Waals surface area contributed by atoms with Gasteiger partial charge in [-0.3, -0.25) is 14.4 Å². The van der Waals surface area contributed by atoms with E-state index in [1.165, 1.54) is 18.4 Å². The number of amides is 1. The number of unbranched alkanes of at least 4 members (excludes halogenated alkanes) is 2. The Hall–Kier alpha value is -2.95. The molecule has 2 aromatic carbocycles. The van der Waals surface area contributed by atoms with Crippen molar-refractivity contribution in [3.05, 3.63) is 64.7 Å². The lowest BCUT2D eigenvalue weighted by Gasteiger charge is -2.09. The number of Topliss-reactive ketones (excluding diaryl/α,β-unsaturated/α-hetero) is 1. The summed E-state index contributed by atoms with van der Waals surface area (Å²) in [5, 5.41) is 2.72. The number of hydrogen-bond acceptors (Lipinski definition) is 4. The summed E-state index contributed by atoms with van der Waals surface area (Å²) in [6, 6.07) is 13.2. The van der Waals surface area contributed by atoms with Crippen LogP contribution in [0.2, 0.25) is 0 Å². The highest BCUT2D eigenvalue weighted by atomic mass is 16.5. The van der Waals surface area contributed by atoms with Crippen LogP contribution >= 0.6 is 0 Å². The van der Waals surface area contributed by atoms with E-state index in [4.69, 9.17) is 4.74 Å². The second kappa shape index (κ2) is 11.9. The van der Waals surface area contributed by atoms with Crippen molar-refractivity contribution in [2.45, 2.75) is 59.3 Å². The number of nitrogens with one attached hydrogen (secondary N) is 1. The van der Waals surface area contributed by atoms with Gasteiger partial charge in [0.1, 0.15) is 0 Å². The Kier molecular flexibility index (Phi) is 9.26. The Morgan fingerprint density at radius 3 is 2.33 bits per heavy atom. The first-order valence-electron chi connectivity index (χ1n) is 10.5. The summed E-state index contributed by atoms with van der Waals surface area (Å²) in [5.74, 6) is -1.07. The predicted molar refractivity (Wildman–Crippen MR) is 119 cm³/mol. The quantitative estimate of drug-likeness (QED) is 0.315. The van der Waals surface area contributed by atoms with Gasteiger partial charge in [0.2, 0.25) is 0 Å². The fraction of sp³-hybridized carbons (Fsp3) is 0.400. The molecule has 160 valence electrons. The van der Waals surface area contributed by atoms with Crippen molar-refractivity contribution in [3.8, 4) is 0 Å². The molecule has 0 heterocycles. The van der Waals surface area contributed by atoms with E-state index in [0.717, 1.165) is 24.0 Å². The van der Waals surface area contributed by atoms with Gasteiger partial charge < -0.3 is 10.1 Å². The van der Waals surface area contributed by atoms with Gasteiger partial charge in [-0.05, 0) is 43.9 Å². The molecule has 0 spiro atoms. The number of benzene rings is 2. The summed E-state index contributed by atoms with van der Waals surface area (Å²) < 4.78 is 5.00. The second-order valence-electron chi connectivity index (χ2n) is 7.60. The summed E-state index contributed by atoms with van der Waals surface area (Å²) >= 11 is 0.